The van der Waals surface area contributed by atoms with Gasteiger partial charge in [-0.3, -0.25) is 14.9 Å². The Morgan fingerprint density at radius 1 is 1.53 bits per heavy atom. The molecule has 0 N–H and O–H groups in total. The number of ether oxygens (including phenoxy) is 2. The zero-order valence-electron chi connectivity index (χ0n) is 10.2. The Hall–Kier alpha value is -1.66. The zero-order chi connectivity index (χ0) is 14.0. The summed E-state index contributed by atoms with van der Waals surface area (Å²) in [5.41, 5.74) is -0.113. The number of carbonyl (C=O) groups is 1. The minimum absolute atomic E-state index is 0.0339. The topological polar surface area (TPSA) is 78.7 Å². The van der Waals surface area contributed by atoms with Crippen molar-refractivity contribution in [1.29, 1.82) is 0 Å². The predicted molar refractivity (Wildman–Crippen MR) is 67.6 cm³/mol. The van der Waals surface area contributed by atoms with E-state index in [1.165, 1.54) is 18.2 Å². The standard InChI is InChI=1S/C12H12ClNO5/c1-2-18-12-9(15)6-11(12)19-10-5-7(14(16)17)3-4-8(10)13/h3-5,11-12H,2,6H2,1H3. The van der Waals surface area contributed by atoms with Crippen LogP contribution in [0.1, 0.15) is 13.3 Å². The van der Waals surface area contributed by atoms with Gasteiger partial charge in [-0.25, -0.2) is 0 Å². The lowest BCUT2D eigenvalue weighted by atomic mass is 9.90. The van der Waals surface area contributed by atoms with E-state index < -0.39 is 17.1 Å². The summed E-state index contributed by atoms with van der Waals surface area (Å²) in [6.07, 6.45) is -0.823. The second-order valence-electron chi connectivity index (χ2n) is 4.07. The Balaban J connectivity index is 2.13. The molecule has 0 spiro atoms. The van der Waals surface area contributed by atoms with Crippen molar-refractivity contribution < 1.29 is 19.2 Å². The SMILES string of the molecule is CCOC1C(=O)CC1Oc1cc([N+](=O)[O-])ccc1Cl. The number of nitro groups is 1. The van der Waals surface area contributed by atoms with Gasteiger partial charge in [-0.1, -0.05) is 11.6 Å². The molecule has 0 radical (unpaired) electrons. The van der Waals surface area contributed by atoms with E-state index in [-0.39, 0.29) is 28.7 Å². The summed E-state index contributed by atoms with van der Waals surface area (Å²) in [6, 6.07) is 3.93. The summed E-state index contributed by atoms with van der Waals surface area (Å²) in [6.45, 7) is 2.18. The van der Waals surface area contributed by atoms with E-state index in [0.29, 0.717) is 6.61 Å². The Morgan fingerprint density at radius 3 is 2.84 bits per heavy atom. The Kier molecular flexibility index (Phi) is 4.01. The van der Waals surface area contributed by atoms with Crippen LogP contribution in [-0.4, -0.2) is 29.5 Å². The second-order valence-corrected chi connectivity index (χ2v) is 4.48. The fraction of sp³-hybridized carbons (Fsp3) is 0.417. The first kappa shape index (κ1) is 13.8. The summed E-state index contributed by atoms with van der Waals surface area (Å²) in [4.78, 5) is 21.5. The molecule has 1 aromatic rings. The number of ketones is 1. The van der Waals surface area contributed by atoms with Gasteiger partial charge in [-0.15, -0.1) is 0 Å². The van der Waals surface area contributed by atoms with Gasteiger partial charge in [0.25, 0.3) is 5.69 Å². The molecular weight excluding hydrogens is 274 g/mol. The van der Waals surface area contributed by atoms with Gasteiger partial charge in [0.2, 0.25) is 0 Å². The number of hydrogen-bond acceptors (Lipinski definition) is 5. The van der Waals surface area contributed by atoms with Crippen molar-refractivity contribution in [2.75, 3.05) is 6.61 Å². The van der Waals surface area contributed by atoms with Crippen LogP contribution in [0.5, 0.6) is 5.75 Å². The van der Waals surface area contributed by atoms with Crippen molar-refractivity contribution in [1.82, 2.24) is 0 Å². The number of non-ortho nitro benzene ring substituents is 1. The quantitative estimate of drug-likeness (QED) is 0.613. The van der Waals surface area contributed by atoms with Gasteiger partial charge in [-0.2, -0.15) is 0 Å². The molecule has 0 aromatic heterocycles. The van der Waals surface area contributed by atoms with Gasteiger partial charge in [0.05, 0.1) is 16.0 Å². The number of halogens is 1. The molecule has 6 nitrogen and oxygen atoms in total. The Bertz CT molecular complexity index is 519. The van der Waals surface area contributed by atoms with E-state index in [9.17, 15) is 14.9 Å². The molecule has 1 aliphatic rings. The molecule has 1 fully saturated rings. The molecule has 0 amide bonds. The van der Waals surface area contributed by atoms with Gasteiger partial charge < -0.3 is 9.47 Å². The van der Waals surface area contributed by atoms with Gasteiger partial charge in [0, 0.05) is 19.1 Å². The largest absolute Gasteiger partial charge is 0.485 e. The molecule has 0 bridgehead atoms. The van der Waals surface area contributed by atoms with Crippen molar-refractivity contribution in [3.05, 3.63) is 33.3 Å². The second kappa shape index (κ2) is 5.54. The molecular formula is C12H12ClNO5. The number of benzene rings is 1. The summed E-state index contributed by atoms with van der Waals surface area (Å²) >= 11 is 5.91. The summed E-state index contributed by atoms with van der Waals surface area (Å²) in [5.74, 6) is 0.159. The van der Waals surface area contributed by atoms with E-state index in [4.69, 9.17) is 21.1 Å². The molecule has 0 aliphatic heterocycles. The lowest BCUT2D eigenvalue weighted by molar-refractivity contribution is -0.385. The monoisotopic (exact) mass is 285 g/mol. The highest BCUT2D eigenvalue weighted by molar-refractivity contribution is 6.32. The number of carbonyl (C=O) groups excluding carboxylic acids is 1. The molecule has 102 valence electrons. The predicted octanol–water partition coefficient (Wildman–Crippen LogP) is 2.37. The molecule has 2 atom stereocenters. The molecule has 0 saturated heterocycles. The highest BCUT2D eigenvalue weighted by Crippen LogP contribution is 2.33. The third-order valence-corrected chi connectivity index (χ3v) is 3.12. The summed E-state index contributed by atoms with van der Waals surface area (Å²) < 4.78 is 10.8. The van der Waals surface area contributed by atoms with E-state index in [0.717, 1.165) is 0 Å². The van der Waals surface area contributed by atoms with Crippen LogP contribution in [0.3, 0.4) is 0 Å². The van der Waals surface area contributed by atoms with Gasteiger partial charge in [-0.05, 0) is 13.0 Å². The number of nitro benzene ring substituents is 1. The molecule has 1 saturated carbocycles. The van der Waals surface area contributed by atoms with Crippen LogP contribution in [0, 0.1) is 10.1 Å². The normalized spacial score (nSPS) is 21.9. The molecule has 0 heterocycles. The van der Waals surface area contributed by atoms with Crippen molar-refractivity contribution in [2.24, 2.45) is 0 Å². The van der Waals surface area contributed by atoms with Crippen molar-refractivity contribution in [2.45, 2.75) is 25.6 Å². The Morgan fingerprint density at radius 2 is 2.26 bits per heavy atom. The van der Waals surface area contributed by atoms with E-state index >= 15 is 0 Å². The summed E-state index contributed by atoms with van der Waals surface area (Å²) in [7, 11) is 0. The van der Waals surface area contributed by atoms with Crippen LogP contribution in [0.25, 0.3) is 0 Å². The van der Waals surface area contributed by atoms with Crippen LogP contribution in [0.2, 0.25) is 5.02 Å². The summed E-state index contributed by atoms with van der Waals surface area (Å²) in [5, 5.41) is 10.9. The minimum atomic E-state index is -0.611. The van der Waals surface area contributed by atoms with Gasteiger partial charge >= 0.3 is 0 Å². The zero-order valence-corrected chi connectivity index (χ0v) is 10.9. The molecule has 19 heavy (non-hydrogen) atoms. The van der Waals surface area contributed by atoms with Crippen LogP contribution >= 0.6 is 11.6 Å². The van der Waals surface area contributed by atoms with Gasteiger partial charge in [0.15, 0.2) is 11.9 Å². The van der Waals surface area contributed by atoms with Crippen molar-refractivity contribution >= 4 is 23.1 Å². The highest BCUT2D eigenvalue weighted by atomic mass is 35.5. The van der Waals surface area contributed by atoms with Crippen molar-refractivity contribution in [3.63, 3.8) is 0 Å². The molecule has 1 aliphatic carbocycles. The highest BCUT2D eigenvalue weighted by Gasteiger charge is 2.42. The molecule has 2 unspecified atom stereocenters. The lowest BCUT2D eigenvalue weighted by Crippen LogP contribution is -2.52. The van der Waals surface area contributed by atoms with E-state index in [2.05, 4.69) is 0 Å². The van der Waals surface area contributed by atoms with Crippen LogP contribution in [0.4, 0.5) is 5.69 Å². The smallest absolute Gasteiger partial charge is 0.273 e. The first-order valence-electron chi connectivity index (χ1n) is 5.78. The number of rotatable bonds is 5. The first-order chi connectivity index (χ1) is 9.02. The maximum absolute atomic E-state index is 11.3. The Labute approximate surface area is 114 Å². The molecule has 2 rings (SSSR count). The van der Waals surface area contributed by atoms with Crippen LogP contribution in [0.15, 0.2) is 18.2 Å². The lowest BCUT2D eigenvalue weighted by Gasteiger charge is -2.34. The van der Waals surface area contributed by atoms with Crippen LogP contribution < -0.4 is 4.74 Å². The van der Waals surface area contributed by atoms with Crippen LogP contribution in [-0.2, 0) is 9.53 Å². The number of hydrogen-bond donors (Lipinski definition) is 0. The molecule has 1 aromatic carbocycles. The third kappa shape index (κ3) is 2.85. The van der Waals surface area contributed by atoms with E-state index in [1.807, 2.05) is 0 Å². The van der Waals surface area contributed by atoms with Crippen molar-refractivity contribution in [3.8, 4) is 5.75 Å². The fourth-order valence-electron chi connectivity index (χ4n) is 1.81. The number of nitrogens with zero attached hydrogens (tertiary/aromatic N) is 1. The van der Waals surface area contributed by atoms with Gasteiger partial charge in [0.1, 0.15) is 11.9 Å². The molecule has 7 heteroatoms. The minimum Gasteiger partial charge on any atom is -0.485 e. The maximum atomic E-state index is 11.3. The average molecular weight is 286 g/mol. The first-order valence-corrected chi connectivity index (χ1v) is 6.15. The third-order valence-electron chi connectivity index (χ3n) is 2.81. The average Bonchev–Trinajstić information content (AvgIpc) is 2.37. The maximum Gasteiger partial charge on any atom is 0.273 e. The fourth-order valence-corrected chi connectivity index (χ4v) is 1.97. The number of Topliss-reactive ketones (excluding diaryl/α,β-unsaturated/α-hetero) is 1. The van der Waals surface area contributed by atoms with E-state index in [1.54, 1.807) is 6.92 Å².